The van der Waals surface area contributed by atoms with E-state index in [0.717, 1.165) is 12.3 Å². The fraction of sp³-hybridized carbons (Fsp3) is 0.625. The number of hydrogen-bond acceptors (Lipinski definition) is 3. The van der Waals surface area contributed by atoms with Gasteiger partial charge in [-0.2, -0.15) is 0 Å². The molecule has 1 aliphatic rings. The van der Waals surface area contributed by atoms with Gasteiger partial charge in [-0.25, -0.2) is 0 Å². The quantitative estimate of drug-likeness (QED) is 0.857. The molecule has 0 amide bonds. The fourth-order valence-electron chi connectivity index (χ4n) is 3.48. The first-order valence-electron chi connectivity index (χ1n) is 7.10. The highest BCUT2D eigenvalue weighted by atomic mass is 16.5. The van der Waals surface area contributed by atoms with Gasteiger partial charge in [0.1, 0.15) is 5.75 Å². The third-order valence-corrected chi connectivity index (χ3v) is 4.66. The zero-order chi connectivity index (χ0) is 14.0. The van der Waals surface area contributed by atoms with Gasteiger partial charge in [0.2, 0.25) is 0 Å². The van der Waals surface area contributed by atoms with Crippen molar-refractivity contribution < 1.29 is 4.74 Å². The van der Waals surface area contributed by atoms with Crippen LogP contribution in [0.3, 0.4) is 0 Å². The van der Waals surface area contributed by atoms with Gasteiger partial charge in [0.05, 0.1) is 7.11 Å². The van der Waals surface area contributed by atoms with Crippen molar-refractivity contribution in [2.75, 3.05) is 20.7 Å². The second-order valence-electron chi connectivity index (χ2n) is 5.84. The monoisotopic (exact) mass is 262 g/mol. The molecule has 2 rings (SSSR count). The average molecular weight is 262 g/mol. The minimum atomic E-state index is 0.196. The number of nitrogens with two attached hydrogens (primary N) is 1. The first kappa shape index (κ1) is 14.4. The number of ether oxygens (including phenoxy) is 1. The lowest BCUT2D eigenvalue weighted by Gasteiger charge is -2.48. The Bertz CT molecular complexity index is 447. The van der Waals surface area contributed by atoms with Gasteiger partial charge in [0, 0.05) is 17.0 Å². The van der Waals surface area contributed by atoms with Crippen LogP contribution >= 0.6 is 0 Å². The van der Waals surface area contributed by atoms with Gasteiger partial charge in [-0.3, -0.25) is 0 Å². The molecule has 1 aromatic rings. The molecule has 0 spiro atoms. The van der Waals surface area contributed by atoms with Gasteiger partial charge in [-0.15, -0.1) is 0 Å². The predicted octanol–water partition coefficient (Wildman–Crippen LogP) is 2.70. The number of methoxy groups -OCH3 is 1. The molecule has 0 bridgehead atoms. The van der Waals surface area contributed by atoms with Crippen LogP contribution in [0.2, 0.25) is 0 Å². The normalized spacial score (nSPS) is 18.8. The van der Waals surface area contributed by atoms with Crippen molar-refractivity contribution in [2.45, 2.75) is 39.2 Å². The molecule has 1 atom stereocenters. The van der Waals surface area contributed by atoms with Crippen molar-refractivity contribution in [2.24, 2.45) is 11.1 Å². The Balaban J connectivity index is 2.49. The van der Waals surface area contributed by atoms with Crippen LogP contribution in [0.1, 0.15) is 42.0 Å². The van der Waals surface area contributed by atoms with Gasteiger partial charge >= 0.3 is 0 Å². The first-order valence-corrected chi connectivity index (χ1v) is 7.10. The second-order valence-corrected chi connectivity index (χ2v) is 5.84. The van der Waals surface area contributed by atoms with Gasteiger partial charge in [-0.1, -0.05) is 12.5 Å². The lowest BCUT2D eigenvalue weighted by atomic mass is 9.62. The summed E-state index contributed by atoms with van der Waals surface area (Å²) in [5.41, 5.74) is 10.1. The maximum atomic E-state index is 6.07. The van der Waals surface area contributed by atoms with Crippen molar-refractivity contribution in [3.8, 4) is 5.75 Å². The van der Waals surface area contributed by atoms with Gasteiger partial charge in [-0.05, 0) is 57.5 Å². The summed E-state index contributed by atoms with van der Waals surface area (Å²) in [6.45, 7) is 5.00. The molecule has 3 nitrogen and oxygen atoms in total. The van der Waals surface area contributed by atoms with E-state index in [9.17, 15) is 0 Å². The number of benzene rings is 1. The summed E-state index contributed by atoms with van der Waals surface area (Å²) >= 11 is 0. The molecule has 0 aliphatic heterocycles. The fourth-order valence-corrected chi connectivity index (χ4v) is 3.48. The predicted molar refractivity (Wildman–Crippen MR) is 79.6 cm³/mol. The zero-order valence-corrected chi connectivity index (χ0v) is 12.5. The molecule has 106 valence electrons. The topological polar surface area (TPSA) is 47.3 Å². The van der Waals surface area contributed by atoms with Crippen molar-refractivity contribution >= 4 is 0 Å². The molecule has 1 saturated carbocycles. The molecule has 1 fully saturated rings. The third kappa shape index (κ3) is 2.37. The summed E-state index contributed by atoms with van der Waals surface area (Å²) in [7, 11) is 3.78. The Morgan fingerprint density at radius 1 is 1.37 bits per heavy atom. The number of aryl methyl sites for hydroxylation is 2. The van der Waals surface area contributed by atoms with E-state index in [-0.39, 0.29) is 11.5 Å². The molecule has 1 aromatic carbocycles. The molecular formula is C16H26N2O. The summed E-state index contributed by atoms with van der Waals surface area (Å²) < 4.78 is 5.62. The third-order valence-electron chi connectivity index (χ3n) is 4.66. The van der Waals surface area contributed by atoms with Crippen LogP contribution in [0.25, 0.3) is 0 Å². The van der Waals surface area contributed by atoms with Crippen molar-refractivity contribution in [1.29, 1.82) is 0 Å². The largest absolute Gasteiger partial charge is 0.496 e. The van der Waals surface area contributed by atoms with Crippen molar-refractivity contribution in [3.05, 3.63) is 28.8 Å². The van der Waals surface area contributed by atoms with Gasteiger partial charge < -0.3 is 15.8 Å². The molecule has 3 heteroatoms. The number of rotatable bonds is 5. The molecular weight excluding hydrogens is 236 g/mol. The average Bonchev–Trinajstić information content (AvgIpc) is 2.34. The maximum Gasteiger partial charge on any atom is 0.124 e. The van der Waals surface area contributed by atoms with Crippen LogP contribution in [0.4, 0.5) is 0 Å². The van der Waals surface area contributed by atoms with Crippen LogP contribution in [-0.2, 0) is 0 Å². The maximum absolute atomic E-state index is 6.07. The van der Waals surface area contributed by atoms with E-state index in [2.05, 4.69) is 31.3 Å². The Morgan fingerprint density at radius 3 is 2.47 bits per heavy atom. The molecule has 1 aliphatic carbocycles. The lowest BCUT2D eigenvalue weighted by Crippen LogP contribution is -2.47. The van der Waals surface area contributed by atoms with Crippen LogP contribution in [0.5, 0.6) is 5.75 Å². The van der Waals surface area contributed by atoms with E-state index in [1.807, 2.05) is 7.05 Å². The standard InChI is InChI=1S/C16H26N2O/c1-11-8-12(2)14(13(9-11)19-4)15(18-3)16(10-17)6-5-7-16/h8-9,15,18H,5-7,10,17H2,1-4H3. The molecule has 0 aromatic heterocycles. The molecule has 0 heterocycles. The number of nitrogens with one attached hydrogen (secondary N) is 1. The summed E-state index contributed by atoms with van der Waals surface area (Å²) in [6.07, 6.45) is 3.68. The molecule has 0 saturated heterocycles. The smallest absolute Gasteiger partial charge is 0.124 e. The summed E-state index contributed by atoms with van der Waals surface area (Å²) in [4.78, 5) is 0. The SMILES string of the molecule is CNC(c1c(C)cc(C)cc1OC)C1(CN)CCC1. The first-order chi connectivity index (χ1) is 9.07. The van der Waals surface area contributed by atoms with Crippen LogP contribution in [0.15, 0.2) is 12.1 Å². The van der Waals surface area contributed by atoms with Crippen LogP contribution in [0, 0.1) is 19.3 Å². The van der Waals surface area contributed by atoms with E-state index < -0.39 is 0 Å². The second kappa shape index (κ2) is 5.51. The van der Waals surface area contributed by atoms with Crippen molar-refractivity contribution in [3.63, 3.8) is 0 Å². The van der Waals surface area contributed by atoms with E-state index in [0.29, 0.717) is 0 Å². The van der Waals surface area contributed by atoms with E-state index in [4.69, 9.17) is 10.5 Å². The Hall–Kier alpha value is -1.06. The highest BCUT2D eigenvalue weighted by Gasteiger charge is 2.44. The summed E-state index contributed by atoms with van der Waals surface area (Å²) in [6, 6.07) is 4.63. The highest BCUT2D eigenvalue weighted by molar-refractivity contribution is 5.46. The minimum Gasteiger partial charge on any atom is -0.496 e. The summed E-state index contributed by atoms with van der Waals surface area (Å²) in [5.74, 6) is 0.983. The Kier molecular flexibility index (Phi) is 4.16. The Morgan fingerprint density at radius 2 is 2.05 bits per heavy atom. The molecule has 19 heavy (non-hydrogen) atoms. The van der Waals surface area contributed by atoms with Crippen molar-refractivity contribution in [1.82, 2.24) is 5.32 Å². The number of hydrogen-bond donors (Lipinski definition) is 2. The zero-order valence-electron chi connectivity index (χ0n) is 12.5. The highest BCUT2D eigenvalue weighted by Crippen LogP contribution is 2.51. The lowest BCUT2D eigenvalue weighted by molar-refractivity contribution is 0.0862. The van der Waals surface area contributed by atoms with Gasteiger partial charge in [0.25, 0.3) is 0 Å². The summed E-state index contributed by atoms with van der Waals surface area (Å²) in [5, 5.41) is 3.49. The van der Waals surface area contributed by atoms with E-state index >= 15 is 0 Å². The molecule has 3 N–H and O–H groups in total. The molecule has 0 radical (unpaired) electrons. The molecule has 1 unspecified atom stereocenters. The van der Waals surface area contributed by atoms with E-state index in [1.165, 1.54) is 36.0 Å². The van der Waals surface area contributed by atoms with Gasteiger partial charge in [0.15, 0.2) is 0 Å². The minimum absolute atomic E-state index is 0.196. The van der Waals surface area contributed by atoms with E-state index in [1.54, 1.807) is 7.11 Å². The van der Waals surface area contributed by atoms with Crippen LogP contribution in [-0.4, -0.2) is 20.7 Å². The Labute approximate surface area is 116 Å². The van der Waals surface area contributed by atoms with Crippen LogP contribution < -0.4 is 15.8 Å².